The molecule has 0 fully saturated rings. The van der Waals surface area contributed by atoms with E-state index in [2.05, 4.69) is 18.0 Å². The third-order valence-corrected chi connectivity index (χ3v) is 8.15. The number of aromatic nitrogens is 1. The van der Waals surface area contributed by atoms with E-state index in [4.69, 9.17) is 10.5 Å². The fraction of sp³-hybridized carbons (Fsp3) is 0.257. The molecule has 43 heavy (non-hydrogen) atoms. The molecule has 6 rings (SSSR count). The maximum Gasteiger partial charge on any atom is 0.258 e. The summed E-state index contributed by atoms with van der Waals surface area (Å²) in [6.45, 7) is 5.26. The molecule has 220 valence electrons. The number of benzene rings is 4. The van der Waals surface area contributed by atoms with Gasteiger partial charge in [0.25, 0.3) is 5.91 Å². The zero-order valence-corrected chi connectivity index (χ0v) is 24.9. The minimum absolute atomic E-state index is 0.0104. The van der Waals surface area contributed by atoms with Crippen LogP contribution in [0.15, 0.2) is 66.7 Å². The molecule has 0 aliphatic carbocycles. The zero-order chi connectivity index (χ0) is 30.4. The molecule has 2 heterocycles. The van der Waals surface area contributed by atoms with Gasteiger partial charge in [0, 0.05) is 34.6 Å². The number of ether oxygens (including phenoxy) is 1. The van der Waals surface area contributed by atoms with Crippen molar-refractivity contribution < 1.29 is 19.4 Å². The maximum absolute atomic E-state index is 13.5. The Morgan fingerprint density at radius 3 is 2.63 bits per heavy atom. The van der Waals surface area contributed by atoms with Crippen molar-refractivity contribution in [3.63, 3.8) is 0 Å². The quantitative estimate of drug-likeness (QED) is 0.226. The molecule has 2 amide bonds. The Morgan fingerprint density at radius 1 is 1.05 bits per heavy atom. The number of amides is 2. The predicted molar refractivity (Wildman–Crippen MR) is 171 cm³/mol. The number of likely N-dealkylation sites (N-methyl/N-ethyl adjacent to an activating group) is 1. The van der Waals surface area contributed by atoms with Gasteiger partial charge in [-0.05, 0) is 80.0 Å². The van der Waals surface area contributed by atoms with Crippen LogP contribution in [0.2, 0.25) is 0 Å². The number of aromatic amines is 1. The number of hydrogen-bond donors (Lipinski definition) is 3. The molecule has 1 aromatic heterocycles. The number of nitrogens with zero attached hydrogens (tertiary/aromatic N) is 2. The highest BCUT2D eigenvalue weighted by molar-refractivity contribution is 6.17. The summed E-state index contributed by atoms with van der Waals surface area (Å²) in [5.74, 6) is 0.235. The van der Waals surface area contributed by atoms with Gasteiger partial charge >= 0.3 is 0 Å². The van der Waals surface area contributed by atoms with Crippen LogP contribution in [-0.2, 0) is 17.8 Å². The molecule has 0 saturated heterocycles. The third-order valence-electron chi connectivity index (χ3n) is 8.15. The van der Waals surface area contributed by atoms with Gasteiger partial charge in [-0.25, -0.2) is 0 Å². The standard InChI is InChI=1S/C35H36N4O4/c1-20-8-9-23-17-39(35(42)29(23)14-20)31-7-5-6-26(21(31)2)27-12-10-22(15-32(36)41)34-33(27)28-13-11-25(16-30(28)37-34)43-19-24(40)18-38(3)4/h5-14,16,24,37,40H,15,17-19H2,1-4H3,(H2,36,41). The molecule has 0 spiro atoms. The second-order valence-electron chi connectivity index (χ2n) is 11.7. The van der Waals surface area contributed by atoms with Gasteiger partial charge in [0.05, 0.1) is 24.0 Å². The first-order valence-corrected chi connectivity index (χ1v) is 14.4. The lowest BCUT2D eigenvalue weighted by atomic mass is 9.92. The zero-order valence-electron chi connectivity index (χ0n) is 24.9. The number of carbonyl (C=O) groups excluding carboxylic acids is 2. The van der Waals surface area contributed by atoms with Crippen molar-refractivity contribution in [3.8, 4) is 16.9 Å². The highest BCUT2D eigenvalue weighted by atomic mass is 16.5. The number of nitrogens with two attached hydrogens (primary N) is 1. The number of H-pyrrole nitrogens is 1. The fourth-order valence-electron chi connectivity index (χ4n) is 6.18. The molecule has 0 saturated carbocycles. The number of primary amides is 1. The molecule has 0 radical (unpaired) electrons. The average Bonchev–Trinajstić information content (AvgIpc) is 3.50. The number of anilines is 1. The largest absolute Gasteiger partial charge is 0.491 e. The number of aryl methyl sites for hydroxylation is 1. The predicted octanol–water partition coefficient (Wildman–Crippen LogP) is 5.09. The van der Waals surface area contributed by atoms with Crippen LogP contribution in [0.3, 0.4) is 0 Å². The lowest BCUT2D eigenvalue weighted by molar-refractivity contribution is -0.117. The summed E-state index contributed by atoms with van der Waals surface area (Å²) in [5, 5.41) is 12.2. The first-order valence-electron chi connectivity index (χ1n) is 14.4. The van der Waals surface area contributed by atoms with E-state index in [1.54, 1.807) is 0 Å². The Labute approximate surface area is 250 Å². The molecular weight excluding hydrogens is 540 g/mol. The maximum atomic E-state index is 13.5. The van der Waals surface area contributed by atoms with E-state index in [1.165, 1.54) is 0 Å². The molecular formula is C35H36N4O4. The van der Waals surface area contributed by atoms with Crippen LogP contribution in [-0.4, -0.2) is 60.2 Å². The minimum atomic E-state index is -0.614. The number of fused-ring (bicyclic) bond motifs is 4. The highest BCUT2D eigenvalue weighted by Crippen LogP contribution is 2.41. The van der Waals surface area contributed by atoms with Crippen molar-refractivity contribution in [1.29, 1.82) is 0 Å². The van der Waals surface area contributed by atoms with E-state index in [9.17, 15) is 14.7 Å². The summed E-state index contributed by atoms with van der Waals surface area (Å²) in [4.78, 5) is 32.7. The van der Waals surface area contributed by atoms with Crippen molar-refractivity contribution in [2.75, 3.05) is 32.1 Å². The molecule has 8 nitrogen and oxygen atoms in total. The first-order chi connectivity index (χ1) is 20.6. The Kier molecular flexibility index (Phi) is 7.42. The summed E-state index contributed by atoms with van der Waals surface area (Å²) in [5.41, 5.74) is 14.8. The fourth-order valence-corrected chi connectivity index (χ4v) is 6.18. The van der Waals surface area contributed by atoms with Crippen LogP contribution in [0.1, 0.15) is 32.6 Å². The van der Waals surface area contributed by atoms with E-state index in [0.29, 0.717) is 18.8 Å². The van der Waals surface area contributed by atoms with Crippen LogP contribution in [0.4, 0.5) is 5.69 Å². The van der Waals surface area contributed by atoms with Gasteiger partial charge in [0.2, 0.25) is 5.91 Å². The molecule has 4 N–H and O–H groups in total. The molecule has 4 aromatic carbocycles. The van der Waals surface area contributed by atoms with Crippen molar-refractivity contribution in [2.24, 2.45) is 5.73 Å². The average molecular weight is 577 g/mol. The molecule has 5 aromatic rings. The Balaban J connectivity index is 1.44. The van der Waals surface area contributed by atoms with E-state index in [1.807, 2.05) is 91.5 Å². The summed E-state index contributed by atoms with van der Waals surface area (Å²) in [6, 6.07) is 21.9. The molecule has 1 unspecified atom stereocenters. The molecule has 0 bridgehead atoms. The van der Waals surface area contributed by atoms with Gasteiger partial charge in [0.15, 0.2) is 0 Å². The number of aliphatic hydroxyl groups excluding tert-OH is 1. The van der Waals surface area contributed by atoms with E-state index in [-0.39, 0.29) is 18.9 Å². The first kappa shape index (κ1) is 28.5. The van der Waals surface area contributed by atoms with Crippen molar-refractivity contribution in [1.82, 2.24) is 9.88 Å². The van der Waals surface area contributed by atoms with Gasteiger partial charge in [-0.1, -0.05) is 42.0 Å². The van der Waals surface area contributed by atoms with Gasteiger partial charge in [0.1, 0.15) is 18.5 Å². The van der Waals surface area contributed by atoms with Gasteiger partial charge < -0.3 is 30.4 Å². The van der Waals surface area contributed by atoms with Crippen LogP contribution in [0.25, 0.3) is 32.9 Å². The van der Waals surface area contributed by atoms with Gasteiger partial charge in [-0.15, -0.1) is 0 Å². The Bertz CT molecular complexity index is 1890. The molecule has 8 heteroatoms. The Morgan fingerprint density at radius 2 is 1.86 bits per heavy atom. The summed E-state index contributed by atoms with van der Waals surface area (Å²) >= 11 is 0. The van der Waals surface area contributed by atoms with Gasteiger partial charge in [-0.2, -0.15) is 0 Å². The van der Waals surface area contributed by atoms with E-state index >= 15 is 0 Å². The lowest BCUT2D eigenvalue weighted by Gasteiger charge is -2.21. The highest BCUT2D eigenvalue weighted by Gasteiger charge is 2.30. The van der Waals surface area contributed by atoms with Crippen molar-refractivity contribution >= 4 is 39.3 Å². The molecule has 1 aliphatic rings. The number of aliphatic hydroxyl groups is 1. The van der Waals surface area contributed by atoms with Gasteiger partial charge in [-0.3, -0.25) is 9.59 Å². The smallest absolute Gasteiger partial charge is 0.258 e. The lowest BCUT2D eigenvalue weighted by Crippen LogP contribution is -2.30. The number of hydrogen-bond acceptors (Lipinski definition) is 5. The summed E-state index contributed by atoms with van der Waals surface area (Å²) < 4.78 is 5.91. The number of nitrogens with one attached hydrogen (secondary N) is 1. The SMILES string of the molecule is Cc1ccc2c(c1)C(=O)N(c1cccc(-c3ccc(CC(N)=O)c4[nH]c5cc(OCC(O)CN(C)C)ccc5c34)c1C)C2. The normalized spacial score (nSPS) is 13.7. The van der Waals surface area contributed by atoms with E-state index < -0.39 is 12.0 Å². The van der Waals surface area contributed by atoms with Crippen LogP contribution >= 0.6 is 0 Å². The topological polar surface area (TPSA) is 112 Å². The van der Waals surface area contributed by atoms with Crippen LogP contribution < -0.4 is 15.4 Å². The minimum Gasteiger partial charge on any atom is -0.491 e. The second kappa shape index (κ2) is 11.2. The summed E-state index contributed by atoms with van der Waals surface area (Å²) in [7, 11) is 3.81. The van der Waals surface area contributed by atoms with Crippen molar-refractivity contribution in [3.05, 3.63) is 94.5 Å². The number of carbonyl (C=O) groups is 2. The third kappa shape index (κ3) is 5.35. The van der Waals surface area contributed by atoms with Crippen LogP contribution in [0.5, 0.6) is 5.75 Å². The molecule has 1 aliphatic heterocycles. The second-order valence-corrected chi connectivity index (χ2v) is 11.7. The van der Waals surface area contributed by atoms with E-state index in [0.717, 1.165) is 66.4 Å². The Hall–Kier alpha value is -4.66. The van der Waals surface area contributed by atoms with Crippen molar-refractivity contribution in [2.45, 2.75) is 32.9 Å². The monoisotopic (exact) mass is 576 g/mol. The summed E-state index contributed by atoms with van der Waals surface area (Å²) in [6.07, 6.45) is -0.514. The van der Waals surface area contributed by atoms with Crippen LogP contribution in [0, 0.1) is 13.8 Å². The number of rotatable bonds is 9. The molecule has 1 atom stereocenters.